The second-order valence-electron chi connectivity index (χ2n) is 3.31. The van der Waals surface area contributed by atoms with Crippen molar-refractivity contribution < 1.29 is 4.79 Å². The van der Waals surface area contributed by atoms with E-state index in [1.54, 1.807) is 6.07 Å². The molecule has 0 aliphatic rings. The number of benzene rings is 2. The zero-order chi connectivity index (χ0) is 11.5. The fourth-order valence-electron chi connectivity index (χ4n) is 1.53. The lowest BCUT2D eigenvalue weighted by molar-refractivity contribution is 0.112. The molecule has 0 fully saturated rings. The molecular weight excluding hydrogens is 332 g/mol. The highest BCUT2D eigenvalue weighted by molar-refractivity contribution is 9.11. The van der Waals surface area contributed by atoms with E-state index in [0.29, 0.717) is 5.56 Å². The Balaban J connectivity index is 2.69. The first-order chi connectivity index (χ1) is 7.74. The normalized spacial score (nSPS) is 10.1. The summed E-state index contributed by atoms with van der Waals surface area (Å²) in [6, 6.07) is 13.6. The Bertz CT molecular complexity index is 521. The number of hydrogen-bond donors (Lipinski definition) is 0. The van der Waals surface area contributed by atoms with Gasteiger partial charge in [0.05, 0.1) is 0 Å². The number of carbonyl (C=O) groups excluding carboxylic acids is 1. The highest BCUT2D eigenvalue weighted by atomic mass is 79.9. The Morgan fingerprint density at radius 3 is 2.25 bits per heavy atom. The van der Waals surface area contributed by atoms with Crippen LogP contribution >= 0.6 is 31.9 Å². The van der Waals surface area contributed by atoms with Crippen molar-refractivity contribution in [1.29, 1.82) is 0 Å². The molecule has 2 aromatic carbocycles. The van der Waals surface area contributed by atoms with Gasteiger partial charge in [-0.3, -0.25) is 4.79 Å². The quantitative estimate of drug-likeness (QED) is 0.725. The minimum atomic E-state index is 0.655. The Kier molecular flexibility index (Phi) is 3.56. The van der Waals surface area contributed by atoms with Crippen molar-refractivity contribution in [3.63, 3.8) is 0 Å². The number of halogens is 2. The third kappa shape index (κ3) is 2.11. The van der Waals surface area contributed by atoms with Crippen molar-refractivity contribution in [3.05, 3.63) is 57.0 Å². The summed E-state index contributed by atoms with van der Waals surface area (Å²) in [5.74, 6) is 0. The van der Waals surface area contributed by atoms with E-state index in [1.165, 1.54) is 0 Å². The number of aldehydes is 1. The van der Waals surface area contributed by atoms with Gasteiger partial charge in [-0.05, 0) is 33.6 Å². The molecule has 0 saturated heterocycles. The van der Waals surface area contributed by atoms with Gasteiger partial charge in [0.2, 0.25) is 0 Å². The lowest BCUT2D eigenvalue weighted by Gasteiger charge is -2.09. The van der Waals surface area contributed by atoms with Crippen molar-refractivity contribution >= 4 is 38.1 Å². The maximum Gasteiger partial charge on any atom is 0.151 e. The van der Waals surface area contributed by atoms with Crippen LogP contribution in [0, 0.1) is 0 Å². The van der Waals surface area contributed by atoms with Crippen LogP contribution in [0.3, 0.4) is 0 Å². The molecule has 0 aliphatic heterocycles. The summed E-state index contributed by atoms with van der Waals surface area (Å²) < 4.78 is 1.79. The summed E-state index contributed by atoms with van der Waals surface area (Å²) in [6.07, 6.45) is 0.850. The van der Waals surface area contributed by atoms with E-state index in [0.717, 1.165) is 26.4 Å². The second-order valence-corrected chi connectivity index (χ2v) is 4.96. The highest BCUT2D eigenvalue weighted by Crippen LogP contribution is 2.36. The fraction of sp³-hybridized carbons (Fsp3) is 0. The fourth-order valence-corrected chi connectivity index (χ4v) is 3.02. The molecule has 2 aromatic rings. The smallest absolute Gasteiger partial charge is 0.151 e. The first-order valence-electron chi connectivity index (χ1n) is 4.72. The van der Waals surface area contributed by atoms with Crippen LogP contribution in [0.4, 0.5) is 0 Å². The summed E-state index contributed by atoms with van der Waals surface area (Å²) in [7, 11) is 0. The van der Waals surface area contributed by atoms with Gasteiger partial charge in [0.1, 0.15) is 0 Å². The van der Waals surface area contributed by atoms with Crippen LogP contribution < -0.4 is 0 Å². The van der Waals surface area contributed by atoms with Gasteiger partial charge in [0.25, 0.3) is 0 Å². The van der Waals surface area contributed by atoms with E-state index in [1.807, 2.05) is 36.4 Å². The van der Waals surface area contributed by atoms with E-state index in [-0.39, 0.29) is 0 Å². The second kappa shape index (κ2) is 4.93. The molecule has 0 aliphatic carbocycles. The van der Waals surface area contributed by atoms with E-state index in [2.05, 4.69) is 31.9 Å². The molecule has 16 heavy (non-hydrogen) atoms. The highest BCUT2D eigenvalue weighted by Gasteiger charge is 2.10. The molecule has 0 unspecified atom stereocenters. The van der Waals surface area contributed by atoms with Gasteiger partial charge >= 0.3 is 0 Å². The van der Waals surface area contributed by atoms with Crippen molar-refractivity contribution in [1.82, 2.24) is 0 Å². The molecular formula is C13H8Br2O. The zero-order valence-corrected chi connectivity index (χ0v) is 11.5. The summed E-state index contributed by atoms with van der Waals surface area (Å²) in [5.41, 5.74) is 2.73. The Hall–Kier alpha value is -0.930. The Labute approximate surface area is 111 Å². The van der Waals surface area contributed by atoms with Crippen LogP contribution in [0.15, 0.2) is 51.4 Å². The summed E-state index contributed by atoms with van der Waals surface area (Å²) in [4.78, 5) is 10.9. The van der Waals surface area contributed by atoms with Crippen molar-refractivity contribution in [2.24, 2.45) is 0 Å². The van der Waals surface area contributed by atoms with Crippen LogP contribution in [-0.2, 0) is 0 Å². The van der Waals surface area contributed by atoms with Gasteiger partial charge < -0.3 is 0 Å². The lowest BCUT2D eigenvalue weighted by atomic mass is 10.0. The van der Waals surface area contributed by atoms with E-state index < -0.39 is 0 Å². The molecule has 0 heterocycles. The van der Waals surface area contributed by atoms with Crippen LogP contribution in [0.5, 0.6) is 0 Å². The maximum atomic E-state index is 10.9. The first-order valence-corrected chi connectivity index (χ1v) is 6.31. The molecule has 0 saturated carbocycles. The van der Waals surface area contributed by atoms with Gasteiger partial charge in [-0.1, -0.05) is 46.3 Å². The van der Waals surface area contributed by atoms with Gasteiger partial charge in [0, 0.05) is 20.1 Å². The summed E-state index contributed by atoms with van der Waals surface area (Å²) in [6.45, 7) is 0. The van der Waals surface area contributed by atoms with Gasteiger partial charge in [0.15, 0.2) is 6.29 Å². The average Bonchev–Trinajstić information content (AvgIpc) is 2.31. The largest absolute Gasteiger partial charge is 0.298 e. The monoisotopic (exact) mass is 338 g/mol. The van der Waals surface area contributed by atoms with Gasteiger partial charge in [-0.15, -0.1) is 0 Å². The Morgan fingerprint density at radius 2 is 1.62 bits per heavy atom. The van der Waals surface area contributed by atoms with Crippen molar-refractivity contribution in [2.45, 2.75) is 0 Å². The third-order valence-electron chi connectivity index (χ3n) is 2.31. The minimum Gasteiger partial charge on any atom is -0.298 e. The Morgan fingerprint density at radius 1 is 0.938 bits per heavy atom. The average molecular weight is 340 g/mol. The molecule has 80 valence electrons. The molecule has 0 bridgehead atoms. The SMILES string of the molecule is O=Cc1ccc(Br)c(-c2ccccc2)c1Br. The van der Waals surface area contributed by atoms with Gasteiger partial charge in [-0.25, -0.2) is 0 Å². The molecule has 0 radical (unpaired) electrons. The third-order valence-corrected chi connectivity index (χ3v) is 3.83. The molecule has 0 aromatic heterocycles. The number of carbonyl (C=O) groups is 1. The first kappa shape index (κ1) is 11.6. The number of hydrogen-bond acceptors (Lipinski definition) is 1. The van der Waals surface area contributed by atoms with E-state index in [9.17, 15) is 4.79 Å². The molecule has 0 spiro atoms. The molecule has 3 heteroatoms. The predicted molar refractivity (Wildman–Crippen MR) is 72.7 cm³/mol. The number of rotatable bonds is 2. The van der Waals surface area contributed by atoms with Crippen LogP contribution in [-0.4, -0.2) is 6.29 Å². The molecule has 0 N–H and O–H groups in total. The minimum absolute atomic E-state index is 0.655. The summed E-state index contributed by atoms with van der Waals surface area (Å²) >= 11 is 6.97. The van der Waals surface area contributed by atoms with Gasteiger partial charge in [-0.2, -0.15) is 0 Å². The summed E-state index contributed by atoms with van der Waals surface area (Å²) in [5, 5.41) is 0. The van der Waals surface area contributed by atoms with Crippen LogP contribution in [0.25, 0.3) is 11.1 Å². The molecule has 1 nitrogen and oxygen atoms in total. The van der Waals surface area contributed by atoms with Crippen molar-refractivity contribution in [2.75, 3.05) is 0 Å². The molecule has 0 atom stereocenters. The van der Waals surface area contributed by atoms with Crippen molar-refractivity contribution in [3.8, 4) is 11.1 Å². The molecule has 0 amide bonds. The topological polar surface area (TPSA) is 17.1 Å². The lowest BCUT2D eigenvalue weighted by Crippen LogP contribution is -1.88. The predicted octanol–water partition coefficient (Wildman–Crippen LogP) is 4.69. The van der Waals surface area contributed by atoms with E-state index in [4.69, 9.17) is 0 Å². The van der Waals surface area contributed by atoms with Crippen LogP contribution in [0.1, 0.15) is 10.4 Å². The van der Waals surface area contributed by atoms with E-state index >= 15 is 0 Å². The maximum absolute atomic E-state index is 10.9. The van der Waals surface area contributed by atoms with Crippen LogP contribution in [0.2, 0.25) is 0 Å². The standard InChI is InChI=1S/C13H8Br2O/c14-11-7-6-10(8-16)13(15)12(11)9-4-2-1-3-5-9/h1-8H. The molecule has 2 rings (SSSR count). The zero-order valence-electron chi connectivity index (χ0n) is 8.28.